The van der Waals surface area contributed by atoms with E-state index >= 15 is 0 Å². The first-order valence-corrected chi connectivity index (χ1v) is 12.3. The SMILES string of the molecule is CCOc1cccc(C2CCN(C(=O)O)CC2)c1NC(=O)N1CCC(c2ccc(C)cc2)CC1. The number of piperidine rings is 2. The molecule has 0 aromatic heterocycles. The molecule has 0 aliphatic carbocycles. The summed E-state index contributed by atoms with van der Waals surface area (Å²) >= 11 is 0. The molecule has 2 aromatic rings. The third kappa shape index (κ3) is 5.46. The minimum atomic E-state index is -0.871. The second-order valence-electron chi connectivity index (χ2n) is 9.30. The second kappa shape index (κ2) is 10.8. The average Bonchev–Trinajstić information content (AvgIpc) is 2.86. The van der Waals surface area contributed by atoms with Gasteiger partial charge in [0.05, 0.1) is 12.3 Å². The van der Waals surface area contributed by atoms with Crippen molar-refractivity contribution in [3.05, 3.63) is 59.2 Å². The maximum atomic E-state index is 13.3. The van der Waals surface area contributed by atoms with Gasteiger partial charge in [0, 0.05) is 26.2 Å². The van der Waals surface area contributed by atoms with Crippen molar-refractivity contribution in [1.29, 1.82) is 0 Å². The first-order valence-electron chi connectivity index (χ1n) is 12.3. The van der Waals surface area contributed by atoms with Crippen LogP contribution < -0.4 is 10.1 Å². The van der Waals surface area contributed by atoms with Gasteiger partial charge in [-0.05, 0) is 68.6 Å². The maximum absolute atomic E-state index is 13.3. The molecular formula is C27H35N3O4. The molecule has 2 saturated heterocycles. The number of ether oxygens (including phenoxy) is 1. The van der Waals surface area contributed by atoms with E-state index in [1.807, 2.05) is 30.0 Å². The Morgan fingerprint density at radius 3 is 2.18 bits per heavy atom. The third-order valence-corrected chi connectivity index (χ3v) is 7.13. The molecule has 2 fully saturated rings. The second-order valence-corrected chi connectivity index (χ2v) is 9.30. The predicted octanol–water partition coefficient (Wildman–Crippen LogP) is 5.66. The summed E-state index contributed by atoms with van der Waals surface area (Å²) in [4.78, 5) is 27.9. The zero-order chi connectivity index (χ0) is 24.1. The molecule has 0 saturated carbocycles. The predicted molar refractivity (Wildman–Crippen MR) is 133 cm³/mol. The van der Waals surface area contributed by atoms with Crippen LogP contribution in [0.4, 0.5) is 15.3 Å². The van der Waals surface area contributed by atoms with Crippen LogP contribution in [0.25, 0.3) is 0 Å². The highest BCUT2D eigenvalue weighted by Crippen LogP contribution is 2.39. The topological polar surface area (TPSA) is 82.1 Å². The molecule has 182 valence electrons. The van der Waals surface area contributed by atoms with Gasteiger partial charge in [-0.25, -0.2) is 9.59 Å². The summed E-state index contributed by atoms with van der Waals surface area (Å²) in [7, 11) is 0. The Kier molecular flexibility index (Phi) is 7.60. The number of carboxylic acid groups (broad SMARTS) is 1. The van der Waals surface area contributed by atoms with E-state index in [4.69, 9.17) is 4.74 Å². The van der Waals surface area contributed by atoms with E-state index in [9.17, 15) is 14.7 Å². The zero-order valence-electron chi connectivity index (χ0n) is 20.1. The quantitative estimate of drug-likeness (QED) is 0.597. The number of para-hydroxylation sites is 1. The fourth-order valence-corrected chi connectivity index (χ4v) is 5.12. The summed E-state index contributed by atoms with van der Waals surface area (Å²) in [6.45, 7) is 6.96. The number of amides is 3. The number of hydrogen-bond donors (Lipinski definition) is 2. The van der Waals surface area contributed by atoms with E-state index in [-0.39, 0.29) is 11.9 Å². The largest absolute Gasteiger partial charge is 0.492 e. The summed E-state index contributed by atoms with van der Waals surface area (Å²) in [6, 6.07) is 14.5. The van der Waals surface area contributed by atoms with Gasteiger partial charge in [0.25, 0.3) is 0 Å². The fourth-order valence-electron chi connectivity index (χ4n) is 5.12. The van der Waals surface area contributed by atoms with Gasteiger partial charge in [0.15, 0.2) is 0 Å². The molecule has 4 rings (SSSR count). The van der Waals surface area contributed by atoms with Gasteiger partial charge in [-0.1, -0.05) is 42.0 Å². The number of urea groups is 1. The molecule has 3 amide bonds. The van der Waals surface area contributed by atoms with Crippen molar-refractivity contribution in [3.8, 4) is 5.75 Å². The number of likely N-dealkylation sites (tertiary alicyclic amines) is 2. The number of anilines is 1. The van der Waals surface area contributed by atoms with Crippen LogP contribution in [0.15, 0.2) is 42.5 Å². The standard InChI is InChI=1S/C27H35N3O4/c1-3-34-24-6-4-5-23(22-13-17-30(18-14-22)27(32)33)25(24)28-26(31)29-15-11-21(12-16-29)20-9-7-19(2)8-10-20/h4-10,21-22H,3,11-18H2,1-2H3,(H,28,31)(H,32,33). The number of carbonyl (C=O) groups is 2. The number of carbonyl (C=O) groups excluding carboxylic acids is 1. The first kappa shape index (κ1) is 23.9. The van der Waals surface area contributed by atoms with Crippen molar-refractivity contribution in [3.63, 3.8) is 0 Å². The van der Waals surface area contributed by atoms with E-state index in [0.29, 0.717) is 44.5 Å². The molecule has 2 aromatic carbocycles. The number of nitrogens with zero attached hydrogens (tertiary/aromatic N) is 2. The number of nitrogens with one attached hydrogen (secondary N) is 1. The fraction of sp³-hybridized carbons (Fsp3) is 0.481. The highest BCUT2D eigenvalue weighted by Gasteiger charge is 2.29. The van der Waals surface area contributed by atoms with Crippen LogP contribution in [0.2, 0.25) is 0 Å². The Hall–Kier alpha value is -3.22. The highest BCUT2D eigenvalue weighted by molar-refractivity contribution is 5.92. The van der Waals surface area contributed by atoms with Crippen LogP contribution in [-0.4, -0.2) is 59.8 Å². The van der Waals surface area contributed by atoms with Crippen LogP contribution in [-0.2, 0) is 0 Å². The highest BCUT2D eigenvalue weighted by atomic mass is 16.5. The number of rotatable bonds is 5. The van der Waals surface area contributed by atoms with Crippen molar-refractivity contribution in [1.82, 2.24) is 9.80 Å². The Morgan fingerprint density at radius 1 is 0.941 bits per heavy atom. The van der Waals surface area contributed by atoms with E-state index in [1.54, 1.807) is 0 Å². The van der Waals surface area contributed by atoms with E-state index in [1.165, 1.54) is 16.0 Å². The molecule has 7 heteroatoms. The lowest BCUT2D eigenvalue weighted by Crippen LogP contribution is -2.41. The van der Waals surface area contributed by atoms with Crippen molar-refractivity contribution < 1.29 is 19.4 Å². The van der Waals surface area contributed by atoms with Crippen LogP contribution in [0.3, 0.4) is 0 Å². The first-order chi connectivity index (χ1) is 16.5. The Labute approximate surface area is 201 Å². The molecule has 7 nitrogen and oxygen atoms in total. The monoisotopic (exact) mass is 465 g/mol. The molecule has 0 radical (unpaired) electrons. The van der Waals surface area contributed by atoms with Gasteiger partial charge >= 0.3 is 12.1 Å². The van der Waals surface area contributed by atoms with Crippen LogP contribution in [0, 0.1) is 6.92 Å². The minimum absolute atomic E-state index is 0.0984. The molecule has 0 atom stereocenters. The van der Waals surface area contributed by atoms with E-state index < -0.39 is 6.09 Å². The normalized spacial score (nSPS) is 17.5. The van der Waals surface area contributed by atoms with Gasteiger partial charge in [-0.3, -0.25) is 0 Å². The van der Waals surface area contributed by atoms with Gasteiger partial charge in [-0.15, -0.1) is 0 Å². The average molecular weight is 466 g/mol. The molecule has 34 heavy (non-hydrogen) atoms. The lowest BCUT2D eigenvalue weighted by Gasteiger charge is -2.34. The summed E-state index contributed by atoms with van der Waals surface area (Å²) in [6.07, 6.45) is 2.48. The molecule has 2 aliphatic heterocycles. The summed E-state index contributed by atoms with van der Waals surface area (Å²) in [5.74, 6) is 1.33. The van der Waals surface area contributed by atoms with Crippen molar-refractivity contribution in [2.45, 2.75) is 51.4 Å². The lowest BCUT2D eigenvalue weighted by atomic mass is 9.88. The molecular weight excluding hydrogens is 430 g/mol. The summed E-state index contributed by atoms with van der Waals surface area (Å²) in [5, 5.41) is 12.4. The van der Waals surface area contributed by atoms with Crippen LogP contribution in [0.1, 0.15) is 61.1 Å². The molecule has 0 unspecified atom stereocenters. The lowest BCUT2D eigenvalue weighted by molar-refractivity contribution is 0.132. The third-order valence-electron chi connectivity index (χ3n) is 7.13. The summed E-state index contributed by atoms with van der Waals surface area (Å²) in [5.41, 5.74) is 4.36. The number of aryl methyl sites for hydroxylation is 1. The molecule has 0 spiro atoms. The van der Waals surface area contributed by atoms with Crippen LogP contribution >= 0.6 is 0 Å². The maximum Gasteiger partial charge on any atom is 0.407 e. The minimum Gasteiger partial charge on any atom is -0.492 e. The van der Waals surface area contributed by atoms with E-state index in [0.717, 1.165) is 36.9 Å². The van der Waals surface area contributed by atoms with Gasteiger partial charge < -0.3 is 25.0 Å². The Morgan fingerprint density at radius 2 is 1.56 bits per heavy atom. The van der Waals surface area contributed by atoms with Gasteiger partial charge in [0.1, 0.15) is 5.75 Å². The van der Waals surface area contributed by atoms with Crippen LogP contribution in [0.5, 0.6) is 5.75 Å². The van der Waals surface area contributed by atoms with Gasteiger partial charge in [-0.2, -0.15) is 0 Å². The molecule has 2 N–H and O–H groups in total. The molecule has 2 heterocycles. The van der Waals surface area contributed by atoms with E-state index in [2.05, 4.69) is 36.5 Å². The van der Waals surface area contributed by atoms with Crippen molar-refractivity contribution in [2.24, 2.45) is 0 Å². The van der Waals surface area contributed by atoms with Crippen molar-refractivity contribution >= 4 is 17.8 Å². The Balaban J connectivity index is 1.44. The number of benzene rings is 2. The molecule has 2 aliphatic rings. The summed E-state index contributed by atoms with van der Waals surface area (Å²) < 4.78 is 5.86. The number of hydrogen-bond acceptors (Lipinski definition) is 3. The van der Waals surface area contributed by atoms with Gasteiger partial charge in [0.2, 0.25) is 0 Å². The molecule has 0 bridgehead atoms. The zero-order valence-corrected chi connectivity index (χ0v) is 20.1. The van der Waals surface area contributed by atoms with Crippen molar-refractivity contribution in [2.75, 3.05) is 38.1 Å². The Bertz CT molecular complexity index is 991. The smallest absolute Gasteiger partial charge is 0.407 e.